The highest BCUT2D eigenvalue weighted by Crippen LogP contribution is 2.19. The minimum Gasteiger partial charge on any atom is -0.455 e. The summed E-state index contributed by atoms with van der Waals surface area (Å²) in [6.07, 6.45) is 0. The Morgan fingerprint density at radius 1 is 0.966 bits per heavy atom. The SMILES string of the molecule is Cc1cccc([S@](=O)Cc2ccc(C(=O)N3CCN(c4ccccc4)CC3)o2)c1. The third-order valence-electron chi connectivity index (χ3n) is 5.09. The molecule has 1 aliphatic heterocycles. The van der Waals surface area contributed by atoms with E-state index in [1.54, 1.807) is 12.1 Å². The molecule has 0 unspecified atom stereocenters. The molecule has 29 heavy (non-hydrogen) atoms. The van der Waals surface area contributed by atoms with Gasteiger partial charge in [-0.3, -0.25) is 9.00 Å². The van der Waals surface area contributed by atoms with Crippen molar-refractivity contribution < 1.29 is 13.4 Å². The Kier molecular flexibility index (Phi) is 5.81. The lowest BCUT2D eigenvalue weighted by Crippen LogP contribution is -2.48. The van der Waals surface area contributed by atoms with Crippen molar-refractivity contribution in [3.8, 4) is 0 Å². The van der Waals surface area contributed by atoms with Crippen LogP contribution in [0.4, 0.5) is 5.69 Å². The second-order valence-corrected chi connectivity index (χ2v) is 8.64. The van der Waals surface area contributed by atoms with Gasteiger partial charge in [0.05, 0.1) is 16.6 Å². The van der Waals surface area contributed by atoms with Crippen LogP contribution < -0.4 is 4.90 Å². The average molecular weight is 409 g/mol. The zero-order valence-corrected chi connectivity index (χ0v) is 17.2. The van der Waals surface area contributed by atoms with Gasteiger partial charge in [-0.1, -0.05) is 30.3 Å². The maximum absolute atomic E-state index is 12.8. The predicted molar refractivity (Wildman–Crippen MR) is 115 cm³/mol. The van der Waals surface area contributed by atoms with Crippen LogP contribution in [0, 0.1) is 6.92 Å². The van der Waals surface area contributed by atoms with Crippen LogP contribution in [0.2, 0.25) is 0 Å². The van der Waals surface area contributed by atoms with Gasteiger partial charge in [0.25, 0.3) is 5.91 Å². The first-order valence-electron chi connectivity index (χ1n) is 9.73. The van der Waals surface area contributed by atoms with Crippen molar-refractivity contribution in [2.24, 2.45) is 0 Å². The molecular formula is C23H24N2O3S. The maximum Gasteiger partial charge on any atom is 0.289 e. The lowest BCUT2D eigenvalue weighted by atomic mass is 10.2. The van der Waals surface area contributed by atoms with E-state index >= 15 is 0 Å². The summed E-state index contributed by atoms with van der Waals surface area (Å²) < 4.78 is 18.3. The summed E-state index contributed by atoms with van der Waals surface area (Å²) >= 11 is 0. The molecule has 4 rings (SSSR count). The second kappa shape index (κ2) is 8.66. The largest absolute Gasteiger partial charge is 0.455 e. The lowest BCUT2D eigenvalue weighted by molar-refractivity contribution is 0.0713. The lowest BCUT2D eigenvalue weighted by Gasteiger charge is -2.35. The Labute approximate surface area is 173 Å². The van der Waals surface area contributed by atoms with Gasteiger partial charge in [0.1, 0.15) is 5.76 Å². The molecule has 3 aromatic rings. The van der Waals surface area contributed by atoms with Crippen LogP contribution in [0.1, 0.15) is 21.9 Å². The second-order valence-electron chi connectivity index (χ2n) is 7.19. The smallest absolute Gasteiger partial charge is 0.289 e. The monoisotopic (exact) mass is 408 g/mol. The molecular weight excluding hydrogens is 384 g/mol. The van der Waals surface area contributed by atoms with Crippen LogP contribution in [-0.2, 0) is 16.6 Å². The van der Waals surface area contributed by atoms with Crippen molar-refractivity contribution in [1.29, 1.82) is 0 Å². The molecule has 2 aromatic carbocycles. The van der Waals surface area contributed by atoms with Gasteiger partial charge in [0.15, 0.2) is 5.76 Å². The minimum atomic E-state index is -1.20. The van der Waals surface area contributed by atoms with Crippen LogP contribution in [0.25, 0.3) is 0 Å². The summed E-state index contributed by atoms with van der Waals surface area (Å²) in [4.78, 5) is 17.7. The van der Waals surface area contributed by atoms with E-state index in [1.807, 2.05) is 54.3 Å². The summed E-state index contributed by atoms with van der Waals surface area (Å²) in [5.41, 5.74) is 2.25. The molecule has 1 amide bonds. The molecule has 0 N–H and O–H groups in total. The summed E-state index contributed by atoms with van der Waals surface area (Å²) in [5, 5.41) is 0. The molecule has 1 atom stereocenters. The van der Waals surface area contributed by atoms with Gasteiger partial charge in [-0.2, -0.15) is 0 Å². The van der Waals surface area contributed by atoms with E-state index in [0.717, 1.165) is 23.5 Å². The van der Waals surface area contributed by atoms with Gasteiger partial charge in [0.2, 0.25) is 0 Å². The van der Waals surface area contributed by atoms with E-state index in [9.17, 15) is 9.00 Å². The van der Waals surface area contributed by atoms with E-state index in [-0.39, 0.29) is 11.7 Å². The number of carbonyl (C=O) groups excluding carboxylic acids is 1. The van der Waals surface area contributed by atoms with Gasteiger partial charge >= 0.3 is 0 Å². The van der Waals surface area contributed by atoms with Crippen LogP contribution in [0.3, 0.4) is 0 Å². The zero-order valence-electron chi connectivity index (χ0n) is 16.4. The number of para-hydroxylation sites is 1. The molecule has 5 nitrogen and oxygen atoms in total. The van der Waals surface area contributed by atoms with Crippen molar-refractivity contribution >= 4 is 22.4 Å². The Morgan fingerprint density at radius 2 is 1.72 bits per heavy atom. The molecule has 0 spiro atoms. The summed E-state index contributed by atoms with van der Waals surface area (Å²) in [6, 6.07) is 21.3. The first-order chi connectivity index (χ1) is 14.1. The van der Waals surface area contributed by atoms with Crippen molar-refractivity contribution in [3.05, 3.63) is 83.8 Å². The van der Waals surface area contributed by atoms with Crippen molar-refractivity contribution in [2.45, 2.75) is 17.6 Å². The average Bonchev–Trinajstić information content (AvgIpc) is 3.22. The fourth-order valence-corrected chi connectivity index (χ4v) is 4.63. The van der Waals surface area contributed by atoms with E-state index < -0.39 is 10.8 Å². The molecule has 0 saturated carbocycles. The number of rotatable bonds is 5. The number of furan rings is 1. The van der Waals surface area contributed by atoms with Gasteiger partial charge in [-0.05, 0) is 48.9 Å². The van der Waals surface area contributed by atoms with Gasteiger partial charge < -0.3 is 14.2 Å². The Hall–Kier alpha value is -2.86. The minimum absolute atomic E-state index is 0.106. The standard InChI is InChI=1S/C23H24N2O3S/c1-18-6-5-9-21(16-18)29(27)17-20-10-11-22(28-20)23(26)25-14-12-24(13-15-25)19-7-3-2-4-8-19/h2-11,16H,12-15,17H2,1H3/t29-/m1/s1. The zero-order chi connectivity index (χ0) is 20.2. The molecule has 0 aliphatic carbocycles. The maximum atomic E-state index is 12.8. The third kappa shape index (κ3) is 4.59. The highest BCUT2D eigenvalue weighted by atomic mass is 32.2. The number of nitrogens with zero attached hydrogens (tertiary/aromatic N) is 2. The van der Waals surface area contributed by atoms with Crippen molar-refractivity contribution in [2.75, 3.05) is 31.1 Å². The number of aryl methyl sites for hydroxylation is 1. The first-order valence-corrected chi connectivity index (χ1v) is 11.0. The Morgan fingerprint density at radius 3 is 2.45 bits per heavy atom. The van der Waals surface area contributed by atoms with Crippen LogP contribution >= 0.6 is 0 Å². The summed E-state index contributed by atoms with van der Waals surface area (Å²) in [5.74, 6) is 1.04. The normalized spacial score (nSPS) is 15.3. The van der Waals surface area contributed by atoms with Gasteiger partial charge in [-0.15, -0.1) is 0 Å². The highest BCUT2D eigenvalue weighted by molar-refractivity contribution is 7.84. The number of hydrogen-bond donors (Lipinski definition) is 0. The molecule has 0 bridgehead atoms. The molecule has 150 valence electrons. The fourth-order valence-electron chi connectivity index (χ4n) is 3.50. The van der Waals surface area contributed by atoms with E-state index in [4.69, 9.17) is 4.42 Å². The molecule has 1 aromatic heterocycles. The molecule has 1 fully saturated rings. The van der Waals surface area contributed by atoms with E-state index in [1.165, 1.54) is 5.69 Å². The predicted octanol–water partition coefficient (Wildman–Crippen LogP) is 3.86. The number of amides is 1. The number of anilines is 1. The molecule has 1 saturated heterocycles. The molecule has 6 heteroatoms. The van der Waals surface area contributed by atoms with Gasteiger partial charge in [0, 0.05) is 36.8 Å². The van der Waals surface area contributed by atoms with Crippen LogP contribution in [0.5, 0.6) is 0 Å². The fraction of sp³-hybridized carbons (Fsp3) is 0.261. The van der Waals surface area contributed by atoms with Crippen molar-refractivity contribution in [1.82, 2.24) is 4.90 Å². The molecule has 2 heterocycles. The quantitative estimate of drug-likeness (QED) is 0.643. The van der Waals surface area contributed by atoms with Crippen LogP contribution in [0.15, 0.2) is 76.0 Å². The van der Waals surface area contributed by atoms with Gasteiger partial charge in [-0.25, -0.2) is 0 Å². The summed E-state index contributed by atoms with van der Waals surface area (Å²) in [6.45, 7) is 4.86. The Bertz CT molecular complexity index is 1010. The third-order valence-corrected chi connectivity index (χ3v) is 6.41. The molecule has 0 radical (unpaired) electrons. The number of carbonyl (C=O) groups is 1. The Balaban J connectivity index is 1.36. The number of hydrogen-bond acceptors (Lipinski definition) is 4. The topological polar surface area (TPSA) is 53.8 Å². The van der Waals surface area contributed by atoms with Crippen LogP contribution in [-0.4, -0.2) is 41.2 Å². The van der Waals surface area contributed by atoms with Crippen molar-refractivity contribution in [3.63, 3.8) is 0 Å². The first kappa shape index (κ1) is 19.5. The summed E-state index contributed by atoms with van der Waals surface area (Å²) in [7, 11) is -1.20. The van der Waals surface area contributed by atoms with E-state index in [2.05, 4.69) is 17.0 Å². The highest BCUT2D eigenvalue weighted by Gasteiger charge is 2.24. The number of benzene rings is 2. The molecule has 1 aliphatic rings. The van der Waals surface area contributed by atoms with E-state index in [0.29, 0.717) is 24.6 Å². The number of piperazine rings is 1.